The Morgan fingerprint density at radius 2 is 1.69 bits per heavy atom. The van der Waals surface area contributed by atoms with Crippen molar-refractivity contribution >= 4 is 27.4 Å². The Morgan fingerprint density at radius 1 is 0.931 bits per heavy atom. The van der Waals surface area contributed by atoms with E-state index in [2.05, 4.69) is 62.8 Å². The minimum atomic E-state index is 1.02. The van der Waals surface area contributed by atoms with Gasteiger partial charge >= 0.3 is 0 Å². The van der Waals surface area contributed by atoms with Gasteiger partial charge in [0, 0.05) is 70.7 Å². The number of pyridine rings is 1. The van der Waals surface area contributed by atoms with Gasteiger partial charge in [0.25, 0.3) is 0 Å². The van der Waals surface area contributed by atoms with Crippen molar-refractivity contribution in [1.29, 1.82) is 0 Å². The van der Waals surface area contributed by atoms with Crippen LogP contribution in [0.2, 0.25) is 0 Å². The van der Waals surface area contributed by atoms with Crippen molar-refractivity contribution in [2.24, 2.45) is 0 Å². The van der Waals surface area contributed by atoms with E-state index in [1.54, 1.807) is 11.3 Å². The fourth-order valence-electron chi connectivity index (χ4n) is 4.16. The van der Waals surface area contributed by atoms with Crippen LogP contribution in [0.25, 0.3) is 33.4 Å². The number of thiazole rings is 1. The Kier molecular flexibility index (Phi) is 4.60. The normalized spacial score (nSPS) is 14.7. The fourth-order valence-corrected chi connectivity index (χ4v) is 5.05. The molecule has 4 heterocycles. The summed E-state index contributed by atoms with van der Waals surface area (Å²) in [5.74, 6) is 0. The van der Waals surface area contributed by atoms with Gasteiger partial charge in [-0.3, -0.25) is 4.98 Å². The molecule has 0 spiro atoms. The van der Waals surface area contributed by atoms with Gasteiger partial charge in [-0.1, -0.05) is 12.1 Å². The summed E-state index contributed by atoms with van der Waals surface area (Å²) in [6.45, 7) is 10.4. The second kappa shape index (κ2) is 7.28. The number of benzene rings is 1. The zero-order valence-electron chi connectivity index (χ0n) is 17.0. The van der Waals surface area contributed by atoms with E-state index < -0.39 is 0 Å². The van der Waals surface area contributed by atoms with Crippen LogP contribution in [-0.4, -0.2) is 41.1 Å². The molecule has 1 aliphatic heterocycles. The lowest BCUT2D eigenvalue weighted by Crippen LogP contribution is -2.43. The molecule has 1 aliphatic rings. The minimum Gasteiger partial charge on any atom is -0.354 e. The molecule has 2 N–H and O–H groups in total. The smallest absolute Gasteiger partial charge is 0.185 e. The first kappa shape index (κ1) is 18.3. The Morgan fingerprint density at radius 3 is 2.45 bits per heavy atom. The number of rotatable bonds is 3. The topological polar surface area (TPSA) is 56.8 Å². The van der Waals surface area contributed by atoms with Gasteiger partial charge in [-0.25, -0.2) is 4.98 Å². The van der Waals surface area contributed by atoms with E-state index >= 15 is 0 Å². The van der Waals surface area contributed by atoms with Crippen molar-refractivity contribution in [2.75, 3.05) is 31.1 Å². The van der Waals surface area contributed by atoms with Gasteiger partial charge < -0.3 is 15.2 Å². The molecule has 6 heteroatoms. The van der Waals surface area contributed by atoms with E-state index in [1.807, 2.05) is 13.8 Å². The number of anilines is 1. The number of H-pyrrole nitrogens is 1. The molecule has 5 rings (SSSR count). The molecule has 0 atom stereocenters. The number of aromatic nitrogens is 3. The lowest BCUT2D eigenvalue weighted by Gasteiger charge is -2.26. The predicted octanol–water partition coefficient (Wildman–Crippen LogP) is 4.69. The van der Waals surface area contributed by atoms with Crippen LogP contribution in [0, 0.1) is 20.8 Å². The van der Waals surface area contributed by atoms with E-state index in [9.17, 15) is 0 Å². The van der Waals surface area contributed by atoms with Crippen LogP contribution in [0.5, 0.6) is 0 Å². The van der Waals surface area contributed by atoms with E-state index in [0.717, 1.165) is 59.5 Å². The van der Waals surface area contributed by atoms with Crippen molar-refractivity contribution in [3.05, 3.63) is 52.7 Å². The Hall–Kier alpha value is -2.70. The first-order valence-corrected chi connectivity index (χ1v) is 11.0. The minimum absolute atomic E-state index is 1.02. The van der Waals surface area contributed by atoms with Crippen molar-refractivity contribution in [3.63, 3.8) is 0 Å². The van der Waals surface area contributed by atoms with E-state index in [0.29, 0.717) is 0 Å². The van der Waals surface area contributed by atoms with Crippen molar-refractivity contribution < 1.29 is 0 Å². The third-order valence-corrected chi connectivity index (χ3v) is 6.51. The van der Waals surface area contributed by atoms with E-state index in [4.69, 9.17) is 4.98 Å². The molecule has 0 saturated carbocycles. The van der Waals surface area contributed by atoms with Gasteiger partial charge in [-0.2, -0.15) is 0 Å². The summed E-state index contributed by atoms with van der Waals surface area (Å²) in [4.78, 5) is 15.4. The molecule has 0 radical (unpaired) electrons. The van der Waals surface area contributed by atoms with Crippen LogP contribution >= 0.6 is 11.3 Å². The summed E-state index contributed by atoms with van der Waals surface area (Å²) in [5, 5.41) is 7.95. The highest BCUT2D eigenvalue weighted by Crippen LogP contribution is 2.34. The molecule has 1 fully saturated rings. The Bertz CT molecular complexity index is 1160. The summed E-state index contributed by atoms with van der Waals surface area (Å²) >= 11 is 1.73. The maximum absolute atomic E-state index is 4.92. The first-order chi connectivity index (χ1) is 14.1. The average molecular weight is 404 g/mol. The molecule has 3 aromatic heterocycles. The molecule has 1 aromatic carbocycles. The lowest BCUT2D eigenvalue weighted by molar-refractivity contribution is 0.588. The number of aromatic amines is 1. The van der Waals surface area contributed by atoms with E-state index in [-0.39, 0.29) is 0 Å². The molecule has 4 aromatic rings. The van der Waals surface area contributed by atoms with Gasteiger partial charge in [-0.05, 0) is 44.5 Å². The summed E-state index contributed by atoms with van der Waals surface area (Å²) in [7, 11) is 0. The first-order valence-electron chi connectivity index (χ1n) is 10.1. The molecular formula is C23H25N5S. The van der Waals surface area contributed by atoms with Crippen LogP contribution in [-0.2, 0) is 0 Å². The molecule has 0 amide bonds. The van der Waals surface area contributed by atoms with Gasteiger partial charge in [-0.15, -0.1) is 11.3 Å². The van der Waals surface area contributed by atoms with Crippen LogP contribution in [0.1, 0.15) is 17.0 Å². The highest BCUT2D eigenvalue weighted by molar-refractivity contribution is 7.14. The molecule has 1 saturated heterocycles. The second-order valence-electron chi connectivity index (χ2n) is 7.78. The molecule has 0 unspecified atom stereocenters. The van der Waals surface area contributed by atoms with Crippen LogP contribution in [0.15, 0.2) is 35.7 Å². The molecule has 0 aliphatic carbocycles. The fraction of sp³-hybridized carbons (Fsp3) is 0.304. The molecule has 0 bridgehead atoms. The van der Waals surface area contributed by atoms with Gasteiger partial charge in [0.2, 0.25) is 0 Å². The highest BCUT2D eigenvalue weighted by Gasteiger charge is 2.16. The number of piperazine rings is 1. The number of hydrogen-bond donors (Lipinski definition) is 2. The third kappa shape index (κ3) is 3.43. The van der Waals surface area contributed by atoms with Crippen LogP contribution in [0.3, 0.4) is 0 Å². The Balaban J connectivity index is 1.52. The predicted molar refractivity (Wildman–Crippen MR) is 122 cm³/mol. The second-order valence-corrected chi connectivity index (χ2v) is 8.61. The number of nitrogens with one attached hydrogen (secondary N) is 2. The van der Waals surface area contributed by atoms with Crippen LogP contribution < -0.4 is 10.2 Å². The van der Waals surface area contributed by atoms with Crippen molar-refractivity contribution in [1.82, 2.24) is 20.3 Å². The highest BCUT2D eigenvalue weighted by atomic mass is 32.1. The molecule has 29 heavy (non-hydrogen) atoms. The standard InChI is InChI=1S/C23H25N5S/c1-14-10-18(11-15(2)25-14)22-16(3)19-5-4-17(12-20(19)26-22)21-13-29-23(27-21)28-8-6-24-7-9-28/h4-5,10-13,24,26H,6-9H2,1-3H3. The summed E-state index contributed by atoms with van der Waals surface area (Å²) in [6, 6.07) is 10.9. The zero-order valence-corrected chi connectivity index (χ0v) is 17.9. The lowest BCUT2D eigenvalue weighted by atomic mass is 10.0. The summed E-state index contributed by atoms with van der Waals surface area (Å²) in [6.07, 6.45) is 0. The third-order valence-electron chi connectivity index (χ3n) is 5.60. The Labute approximate surface area is 174 Å². The van der Waals surface area contributed by atoms with Gasteiger partial charge in [0.1, 0.15) is 0 Å². The number of fused-ring (bicyclic) bond motifs is 1. The largest absolute Gasteiger partial charge is 0.354 e. The quantitative estimate of drug-likeness (QED) is 0.521. The monoisotopic (exact) mass is 403 g/mol. The molecule has 148 valence electrons. The zero-order chi connectivity index (χ0) is 20.0. The maximum atomic E-state index is 4.92. The van der Waals surface area contributed by atoms with E-state index in [1.165, 1.54) is 22.2 Å². The maximum Gasteiger partial charge on any atom is 0.185 e. The molecule has 5 nitrogen and oxygen atoms in total. The van der Waals surface area contributed by atoms with Crippen molar-refractivity contribution in [2.45, 2.75) is 20.8 Å². The number of hydrogen-bond acceptors (Lipinski definition) is 5. The summed E-state index contributed by atoms with van der Waals surface area (Å²) < 4.78 is 0. The van der Waals surface area contributed by atoms with Gasteiger partial charge in [0.05, 0.1) is 5.69 Å². The average Bonchev–Trinajstić information content (AvgIpc) is 3.33. The summed E-state index contributed by atoms with van der Waals surface area (Å²) in [5.41, 5.74) is 9.09. The SMILES string of the molecule is Cc1cc(-c2[nH]c3cc(-c4csc(N5CCNCC5)n4)ccc3c2C)cc(C)n1. The number of nitrogens with zero attached hydrogens (tertiary/aromatic N) is 3. The van der Waals surface area contributed by atoms with Crippen molar-refractivity contribution in [3.8, 4) is 22.5 Å². The number of aryl methyl sites for hydroxylation is 3. The van der Waals surface area contributed by atoms with Crippen LogP contribution in [0.4, 0.5) is 5.13 Å². The van der Waals surface area contributed by atoms with Gasteiger partial charge in [0.15, 0.2) is 5.13 Å². The molecular weight excluding hydrogens is 378 g/mol.